The molecule has 2 N–H and O–H groups in total. The van der Waals surface area contributed by atoms with Crippen molar-refractivity contribution in [3.8, 4) is 17.6 Å². The molecule has 0 fully saturated rings. The van der Waals surface area contributed by atoms with Crippen molar-refractivity contribution in [2.75, 3.05) is 0 Å². The second kappa shape index (κ2) is 5.40. The second-order valence-corrected chi connectivity index (χ2v) is 3.38. The van der Waals surface area contributed by atoms with Crippen LogP contribution in [0.15, 0.2) is 18.2 Å². The SMILES string of the molecule is CC(C)Oc1ccc(OB(O)O)cc1C#N. The first kappa shape index (κ1) is 12.4. The summed E-state index contributed by atoms with van der Waals surface area (Å²) in [7, 11) is -1.90. The maximum absolute atomic E-state index is 8.88. The lowest BCUT2D eigenvalue weighted by molar-refractivity contribution is 0.241. The van der Waals surface area contributed by atoms with Crippen LogP contribution in [0.1, 0.15) is 19.4 Å². The Balaban J connectivity index is 2.94. The molecular weight excluding hydrogens is 209 g/mol. The number of hydrogen-bond donors (Lipinski definition) is 2. The van der Waals surface area contributed by atoms with Crippen LogP contribution in [0.2, 0.25) is 0 Å². The van der Waals surface area contributed by atoms with Gasteiger partial charge in [-0.25, -0.2) is 0 Å². The predicted octanol–water partition coefficient (Wildman–Crippen LogP) is 0.694. The van der Waals surface area contributed by atoms with Crippen LogP contribution < -0.4 is 9.39 Å². The van der Waals surface area contributed by atoms with Crippen molar-refractivity contribution in [1.29, 1.82) is 5.26 Å². The Morgan fingerprint density at radius 2 is 2.06 bits per heavy atom. The zero-order valence-corrected chi connectivity index (χ0v) is 9.04. The summed E-state index contributed by atoms with van der Waals surface area (Å²) < 4.78 is 10.0. The van der Waals surface area contributed by atoms with Gasteiger partial charge in [-0.2, -0.15) is 5.26 Å². The molecule has 0 unspecified atom stereocenters. The fraction of sp³-hybridized carbons (Fsp3) is 0.300. The van der Waals surface area contributed by atoms with Gasteiger partial charge in [0.05, 0.1) is 11.7 Å². The molecule has 0 saturated carbocycles. The lowest BCUT2D eigenvalue weighted by Crippen LogP contribution is -2.20. The molecule has 0 atom stereocenters. The molecule has 1 aromatic rings. The number of nitriles is 1. The van der Waals surface area contributed by atoms with E-state index in [-0.39, 0.29) is 17.4 Å². The van der Waals surface area contributed by atoms with Crippen molar-refractivity contribution in [2.45, 2.75) is 20.0 Å². The van der Waals surface area contributed by atoms with Crippen LogP contribution in [0.4, 0.5) is 0 Å². The number of hydrogen-bond acceptors (Lipinski definition) is 5. The van der Waals surface area contributed by atoms with Crippen LogP contribution >= 0.6 is 0 Å². The molecule has 0 aliphatic heterocycles. The van der Waals surface area contributed by atoms with Crippen LogP contribution in [0.3, 0.4) is 0 Å². The maximum atomic E-state index is 8.88. The van der Waals surface area contributed by atoms with Gasteiger partial charge in [-0.15, -0.1) is 0 Å². The Morgan fingerprint density at radius 1 is 1.38 bits per heavy atom. The van der Waals surface area contributed by atoms with Crippen molar-refractivity contribution in [3.63, 3.8) is 0 Å². The molecule has 1 rings (SSSR count). The average molecular weight is 221 g/mol. The maximum Gasteiger partial charge on any atom is 0.707 e. The van der Waals surface area contributed by atoms with E-state index in [1.807, 2.05) is 19.9 Å². The van der Waals surface area contributed by atoms with Gasteiger partial charge >= 0.3 is 7.32 Å². The third kappa shape index (κ3) is 3.46. The first-order chi connectivity index (χ1) is 7.52. The van der Waals surface area contributed by atoms with Crippen molar-refractivity contribution < 1.29 is 19.4 Å². The van der Waals surface area contributed by atoms with Gasteiger partial charge in [-0.1, -0.05) is 0 Å². The quantitative estimate of drug-likeness (QED) is 0.731. The van der Waals surface area contributed by atoms with E-state index in [4.69, 9.17) is 20.0 Å². The highest BCUT2D eigenvalue weighted by Gasteiger charge is 2.13. The van der Waals surface area contributed by atoms with E-state index < -0.39 is 7.32 Å². The standard InChI is InChI=1S/C10H12BNO4/c1-7(2)15-10-4-3-9(16-11(13)14)5-8(10)6-12/h3-5,7,13-14H,1-2H3. The summed E-state index contributed by atoms with van der Waals surface area (Å²) >= 11 is 0. The van der Waals surface area contributed by atoms with Gasteiger partial charge in [0, 0.05) is 0 Å². The summed E-state index contributed by atoms with van der Waals surface area (Å²) in [6.45, 7) is 3.70. The minimum absolute atomic E-state index is 0.0395. The Labute approximate surface area is 94.0 Å². The fourth-order valence-corrected chi connectivity index (χ4v) is 1.15. The van der Waals surface area contributed by atoms with Crippen LogP contribution in [0.25, 0.3) is 0 Å². The van der Waals surface area contributed by atoms with Crippen molar-refractivity contribution in [1.82, 2.24) is 0 Å². The molecule has 0 heterocycles. The van der Waals surface area contributed by atoms with E-state index in [0.717, 1.165) is 0 Å². The van der Waals surface area contributed by atoms with Gasteiger partial charge in [0.15, 0.2) is 0 Å². The summed E-state index contributed by atoms with van der Waals surface area (Å²) in [6.07, 6.45) is -0.0395. The van der Waals surface area contributed by atoms with Crippen molar-refractivity contribution in [3.05, 3.63) is 23.8 Å². The third-order valence-electron chi connectivity index (χ3n) is 1.68. The van der Waals surface area contributed by atoms with Gasteiger partial charge < -0.3 is 19.4 Å². The number of rotatable bonds is 4. The van der Waals surface area contributed by atoms with Gasteiger partial charge in [-0.05, 0) is 32.0 Å². The summed E-state index contributed by atoms with van der Waals surface area (Å²) in [5.41, 5.74) is 0.284. The Kier molecular flexibility index (Phi) is 4.17. The normalized spacial score (nSPS) is 9.75. The summed E-state index contributed by atoms with van der Waals surface area (Å²) in [6, 6.07) is 6.38. The first-order valence-corrected chi connectivity index (χ1v) is 4.76. The second-order valence-electron chi connectivity index (χ2n) is 3.38. The highest BCUT2D eigenvalue weighted by Crippen LogP contribution is 2.24. The molecule has 0 aliphatic rings. The number of benzene rings is 1. The van der Waals surface area contributed by atoms with Crippen LogP contribution in [-0.2, 0) is 0 Å². The largest absolute Gasteiger partial charge is 0.707 e. The van der Waals surface area contributed by atoms with E-state index in [2.05, 4.69) is 4.65 Å². The van der Waals surface area contributed by atoms with Crippen LogP contribution in [0.5, 0.6) is 11.5 Å². The Morgan fingerprint density at radius 3 is 2.56 bits per heavy atom. The summed E-state index contributed by atoms with van der Waals surface area (Å²) in [5, 5.41) is 26.1. The van der Waals surface area contributed by atoms with E-state index >= 15 is 0 Å². The zero-order valence-electron chi connectivity index (χ0n) is 9.04. The van der Waals surface area contributed by atoms with Crippen LogP contribution in [-0.4, -0.2) is 23.5 Å². The highest BCUT2D eigenvalue weighted by molar-refractivity contribution is 6.33. The highest BCUT2D eigenvalue weighted by atomic mass is 16.6. The molecule has 5 nitrogen and oxygen atoms in total. The molecule has 0 aromatic heterocycles. The summed E-state index contributed by atoms with van der Waals surface area (Å²) in [4.78, 5) is 0. The fourth-order valence-electron chi connectivity index (χ4n) is 1.15. The molecule has 1 aromatic carbocycles. The zero-order chi connectivity index (χ0) is 12.1. The lowest BCUT2D eigenvalue weighted by Gasteiger charge is -2.12. The molecule has 0 radical (unpaired) electrons. The smallest absolute Gasteiger partial charge is 0.512 e. The average Bonchev–Trinajstić information content (AvgIpc) is 2.18. The third-order valence-corrected chi connectivity index (χ3v) is 1.68. The molecule has 0 bridgehead atoms. The lowest BCUT2D eigenvalue weighted by atomic mass is 10.2. The van der Waals surface area contributed by atoms with Gasteiger partial charge in [-0.3, -0.25) is 0 Å². The van der Waals surface area contributed by atoms with E-state index in [1.54, 1.807) is 6.07 Å². The molecular formula is C10H12BNO4. The molecule has 0 spiro atoms. The number of ether oxygens (including phenoxy) is 1. The topological polar surface area (TPSA) is 82.7 Å². The van der Waals surface area contributed by atoms with E-state index in [0.29, 0.717) is 5.75 Å². The summed E-state index contributed by atoms with van der Waals surface area (Å²) in [5.74, 6) is 0.639. The van der Waals surface area contributed by atoms with E-state index in [1.165, 1.54) is 12.1 Å². The molecule has 0 aliphatic carbocycles. The van der Waals surface area contributed by atoms with E-state index in [9.17, 15) is 0 Å². The molecule has 6 heteroatoms. The monoisotopic (exact) mass is 221 g/mol. The van der Waals surface area contributed by atoms with Crippen molar-refractivity contribution in [2.24, 2.45) is 0 Å². The molecule has 0 amide bonds. The molecule has 84 valence electrons. The van der Waals surface area contributed by atoms with Gasteiger partial charge in [0.2, 0.25) is 0 Å². The Bertz CT molecular complexity index is 400. The first-order valence-electron chi connectivity index (χ1n) is 4.76. The van der Waals surface area contributed by atoms with Gasteiger partial charge in [0.1, 0.15) is 17.6 Å². The minimum atomic E-state index is -1.90. The molecule has 16 heavy (non-hydrogen) atoms. The number of nitrogens with zero attached hydrogens (tertiary/aromatic N) is 1. The Hall–Kier alpha value is -1.71. The minimum Gasteiger partial charge on any atom is -0.512 e. The predicted molar refractivity (Wildman–Crippen MR) is 57.7 cm³/mol. The van der Waals surface area contributed by atoms with Crippen LogP contribution in [0, 0.1) is 11.3 Å². The molecule has 0 saturated heterocycles. The van der Waals surface area contributed by atoms with Gasteiger partial charge in [0.25, 0.3) is 0 Å². The van der Waals surface area contributed by atoms with Crippen molar-refractivity contribution >= 4 is 7.32 Å².